The van der Waals surface area contributed by atoms with Crippen LogP contribution in [0.2, 0.25) is 5.02 Å². The van der Waals surface area contributed by atoms with E-state index in [-0.39, 0.29) is 24.2 Å². The number of halogens is 2. The van der Waals surface area contributed by atoms with Crippen LogP contribution in [0.4, 0.5) is 0 Å². The summed E-state index contributed by atoms with van der Waals surface area (Å²) < 4.78 is 6.63. The summed E-state index contributed by atoms with van der Waals surface area (Å²) in [6, 6.07) is 14.7. The maximum absolute atomic E-state index is 14.2. The monoisotopic (exact) mass is 617 g/mol. The Bertz CT molecular complexity index is 1330. The number of carbonyl (C=O) groups excluding carboxylic acids is 4. The fourth-order valence-electron chi connectivity index (χ4n) is 4.69. The lowest BCUT2D eigenvalue weighted by Gasteiger charge is -2.35. The smallest absolute Gasteiger partial charge is 0.328 e. The summed E-state index contributed by atoms with van der Waals surface area (Å²) in [7, 11) is 0. The van der Waals surface area contributed by atoms with Gasteiger partial charge in [-0.15, -0.1) is 23.5 Å². The van der Waals surface area contributed by atoms with Crippen LogP contribution in [0.15, 0.2) is 62.8 Å². The summed E-state index contributed by atoms with van der Waals surface area (Å²) in [5.41, 5.74) is -1.80. The minimum absolute atomic E-state index is 0.0705. The molecule has 1 heterocycles. The summed E-state index contributed by atoms with van der Waals surface area (Å²) in [4.78, 5) is 55.7. The zero-order valence-corrected chi connectivity index (χ0v) is 23.6. The molecule has 2 fully saturated rings. The van der Waals surface area contributed by atoms with Crippen LogP contribution in [0.1, 0.15) is 35.2 Å². The van der Waals surface area contributed by atoms with Gasteiger partial charge in [0.25, 0.3) is 0 Å². The molecule has 0 bridgehead atoms. The fourth-order valence-corrected chi connectivity index (χ4v) is 7.67. The molecule has 37 heavy (non-hydrogen) atoms. The molecule has 1 aliphatic carbocycles. The number of hydrogen-bond acceptors (Lipinski definition) is 8. The lowest BCUT2D eigenvalue weighted by Crippen LogP contribution is -2.49. The molecule has 1 saturated heterocycles. The van der Waals surface area contributed by atoms with Crippen LogP contribution >= 0.6 is 51.1 Å². The predicted octanol–water partition coefficient (Wildman–Crippen LogP) is 5.99. The van der Waals surface area contributed by atoms with E-state index < -0.39 is 40.6 Å². The van der Waals surface area contributed by atoms with Crippen LogP contribution in [0.25, 0.3) is 0 Å². The third-order valence-electron chi connectivity index (χ3n) is 6.40. The molecule has 4 rings (SSSR count). The second-order valence-electron chi connectivity index (χ2n) is 8.46. The highest BCUT2D eigenvalue weighted by molar-refractivity contribution is 9.10. The van der Waals surface area contributed by atoms with Crippen molar-refractivity contribution in [2.45, 2.75) is 19.3 Å². The molecule has 0 radical (unpaired) electrons. The van der Waals surface area contributed by atoms with E-state index in [1.54, 1.807) is 31.2 Å². The first-order valence-corrected chi connectivity index (χ1v) is 14.6. The minimum atomic E-state index is -2.27. The summed E-state index contributed by atoms with van der Waals surface area (Å²) in [5.74, 6) is -4.54. The highest BCUT2D eigenvalue weighted by atomic mass is 79.9. The van der Waals surface area contributed by atoms with E-state index in [4.69, 9.17) is 16.3 Å². The van der Waals surface area contributed by atoms with E-state index in [0.717, 1.165) is 4.47 Å². The van der Waals surface area contributed by atoms with Crippen molar-refractivity contribution in [3.63, 3.8) is 0 Å². The Morgan fingerprint density at radius 3 is 2.30 bits per heavy atom. The van der Waals surface area contributed by atoms with Crippen LogP contribution < -0.4 is 0 Å². The van der Waals surface area contributed by atoms with Gasteiger partial charge in [-0.25, -0.2) is 0 Å². The number of benzene rings is 2. The van der Waals surface area contributed by atoms with E-state index in [9.17, 15) is 24.4 Å². The summed E-state index contributed by atoms with van der Waals surface area (Å²) in [5, 5.41) is 11.1. The molecule has 0 spiro atoms. The van der Waals surface area contributed by atoms with Crippen LogP contribution in [0.3, 0.4) is 0 Å². The Balaban J connectivity index is 2.04. The van der Waals surface area contributed by atoms with Gasteiger partial charge in [-0.3, -0.25) is 19.2 Å². The standard InChI is InChI=1S/C27H21BrClNO5S2/c1-2-35-26(34)27(14-30)19(15-3-7-17(28)8-4-15)13-20(31)21(25-36-11-12-37-25)24(33)22(27)23(32)16-5-9-18(29)10-6-16/h3-10,19,22H,2,11-13H2,1H3/t19-,22+,27-/m1/s1. The zero-order valence-electron chi connectivity index (χ0n) is 19.7. The first-order valence-electron chi connectivity index (χ1n) is 11.5. The van der Waals surface area contributed by atoms with Gasteiger partial charge in [0, 0.05) is 38.9 Å². The fraction of sp³-hybridized carbons (Fsp3) is 0.296. The molecule has 190 valence electrons. The topological polar surface area (TPSA) is 101 Å². The number of nitriles is 1. The molecule has 2 aromatic rings. The molecule has 6 nitrogen and oxygen atoms in total. The van der Waals surface area contributed by atoms with Gasteiger partial charge in [0.15, 0.2) is 22.8 Å². The Hall–Kier alpha value is -2.38. The second kappa shape index (κ2) is 11.6. The van der Waals surface area contributed by atoms with Gasteiger partial charge in [0.1, 0.15) is 5.92 Å². The average molecular weight is 619 g/mol. The molecular weight excluding hydrogens is 598 g/mol. The zero-order chi connectivity index (χ0) is 26.7. The molecule has 2 aliphatic rings. The summed E-state index contributed by atoms with van der Waals surface area (Å²) in [6.45, 7) is 1.51. The van der Waals surface area contributed by atoms with Gasteiger partial charge in [0.05, 0.1) is 22.5 Å². The SMILES string of the molecule is CCOC(=O)[C@@]1(C#N)[C@@H](C(=O)c2ccc(Cl)cc2)C(=O)C(=C2SCCS2)C(=O)C[C@@H]1c1ccc(Br)cc1. The number of esters is 1. The first-order chi connectivity index (χ1) is 17.7. The molecule has 0 aromatic heterocycles. The molecule has 3 atom stereocenters. The molecular formula is C27H21BrClNO5S2. The molecule has 1 saturated carbocycles. The molecule has 0 unspecified atom stereocenters. The Morgan fingerprint density at radius 1 is 1.11 bits per heavy atom. The predicted molar refractivity (Wildman–Crippen MR) is 147 cm³/mol. The normalized spacial score (nSPS) is 23.9. The van der Waals surface area contributed by atoms with Crippen molar-refractivity contribution >= 4 is 74.4 Å². The van der Waals surface area contributed by atoms with E-state index >= 15 is 0 Å². The van der Waals surface area contributed by atoms with Crippen LogP contribution in [0.5, 0.6) is 0 Å². The highest BCUT2D eigenvalue weighted by Crippen LogP contribution is 2.52. The Labute approximate surface area is 236 Å². The maximum Gasteiger partial charge on any atom is 0.328 e. The average Bonchev–Trinajstić information content (AvgIpc) is 3.38. The van der Waals surface area contributed by atoms with E-state index in [2.05, 4.69) is 15.9 Å². The second-order valence-corrected chi connectivity index (χ2v) is 12.3. The van der Waals surface area contributed by atoms with Crippen LogP contribution in [-0.2, 0) is 19.1 Å². The van der Waals surface area contributed by atoms with Crippen molar-refractivity contribution in [3.8, 4) is 6.07 Å². The Kier molecular flexibility index (Phi) is 8.64. The van der Waals surface area contributed by atoms with Crippen molar-refractivity contribution in [1.29, 1.82) is 5.26 Å². The third kappa shape index (κ3) is 5.17. The number of ketones is 3. The molecule has 10 heteroatoms. The number of carbonyl (C=O) groups is 4. The number of Topliss-reactive ketones (excluding diaryl/α,β-unsaturated/α-hetero) is 3. The maximum atomic E-state index is 14.2. The molecule has 0 N–H and O–H groups in total. The number of hydrogen-bond donors (Lipinski definition) is 0. The lowest BCUT2D eigenvalue weighted by atomic mass is 9.62. The van der Waals surface area contributed by atoms with Crippen LogP contribution in [-0.4, -0.2) is 41.4 Å². The van der Waals surface area contributed by atoms with Crippen molar-refractivity contribution in [2.24, 2.45) is 11.3 Å². The quantitative estimate of drug-likeness (QED) is 0.101. The van der Waals surface area contributed by atoms with Gasteiger partial charge >= 0.3 is 5.97 Å². The van der Waals surface area contributed by atoms with E-state index in [1.807, 2.05) is 6.07 Å². The largest absolute Gasteiger partial charge is 0.465 e. The number of rotatable bonds is 5. The van der Waals surface area contributed by atoms with E-state index in [0.29, 0.717) is 26.3 Å². The summed E-state index contributed by atoms with van der Waals surface area (Å²) >= 11 is 12.1. The third-order valence-corrected chi connectivity index (χ3v) is 9.89. The van der Waals surface area contributed by atoms with Gasteiger partial charge in [0.2, 0.25) is 0 Å². The minimum Gasteiger partial charge on any atom is -0.465 e. The van der Waals surface area contributed by atoms with Crippen molar-refractivity contribution in [1.82, 2.24) is 0 Å². The van der Waals surface area contributed by atoms with Crippen molar-refractivity contribution in [3.05, 3.63) is 79.0 Å². The number of allylic oxidation sites excluding steroid dienone is 1. The number of thioether (sulfide) groups is 2. The number of ether oxygens (including phenoxy) is 1. The first kappa shape index (κ1) is 27.6. The molecule has 2 aromatic carbocycles. The van der Waals surface area contributed by atoms with Gasteiger partial charge in [-0.1, -0.05) is 39.7 Å². The van der Waals surface area contributed by atoms with E-state index in [1.165, 1.54) is 47.8 Å². The Morgan fingerprint density at radius 2 is 1.73 bits per heavy atom. The van der Waals surface area contributed by atoms with Gasteiger partial charge in [-0.2, -0.15) is 5.26 Å². The van der Waals surface area contributed by atoms with Crippen molar-refractivity contribution < 1.29 is 23.9 Å². The lowest BCUT2D eigenvalue weighted by molar-refractivity contribution is -0.157. The highest BCUT2D eigenvalue weighted by Gasteiger charge is 2.63. The van der Waals surface area contributed by atoms with Crippen LogP contribution in [0, 0.1) is 22.7 Å². The number of nitrogens with zero attached hydrogens (tertiary/aromatic N) is 1. The summed E-state index contributed by atoms with van der Waals surface area (Å²) in [6.07, 6.45) is -0.301. The van der Waals surface area contributed by atoms with Crippen molar-refractivity contribution in [2.75, 3.05) is 18.1 Å². The molecule has 0 amide bonds. The van der Waals surface area contributed by atoms with Gasteiger partial charge in [-0.05, 0) is 48.9 Å². The molecule has 1 aliphatic heterocycles. The van der Waals surface area contributed by atoms with Gasteiger partial charge < -0.3 is 4.74 Å².